The van der Waals surface area contributed by atoms with Gasteiger partial charge in [-0.15, -0.1) is 0 Å². The second kappa shape index (κ2) is 6.29. The Morgan fingerprint density at radius 2 is 2.05 bits per heavy atom. The highest BCUT2D eigenvalue weighted by atomic mass is 15.2. The first-order valence-electron chi connectivity index (χ1n) is 6.54. The molecule has 1 aromatic heterocycles. The molecule has 0 unspecified atom stereocenters. The van der Waals surface area contributed by atoms with Crippen LogP contribution in [0.25, 0.3) is 0 Å². The number of hydrogen-bond acceptors (Lipinski definition) is 4. The molecule has 1 N–H and O–H groups in total. The van der Waals surface area contributed by atoms with Crippen molar-refractivity contribution in [1.82, 2.24) is 15.3 Å². The molecule has 0 radical (unpaired) electrons. The Morgan fingerprint density at radius 1 is 1.21 bits per heavy atom. The van der Waals surface area contributed by atoms with Crippen LogP contribution in [-0.4, -0.2) is 23.6 Å². The molecule has 100 valence electrons. The molecule has 0 aliphatic rings. The maximum absolute atomic E-state index is 4.50. The third kappa shape index (κ3) is 3.29. The van der Waals surface area contributed by atoms with Gasteiger partial charge in [0, 0.05) is 18.8 Å². The van der Waals surface area contributed by atoms with E-state index in [9.17, 15) is 0 Å². The Morgan fingerprint density at radius 3 is 2.63 bits per heavy atom. The van der Waals surface area contributed by atoms with E-state index in [4.69, 9.17) is 0 Å². The summed E-state index contributed by atoms with van der Waals surface area (Å²) >= 11 is 0. The van der Waals surface area contributed by atoms with Crippen molar-refractivity contribution in [2.75, 3.05) is 18.5 Å². The molecule has 19 heavy (non-hydrogen) atoms. The quantitative estimate of drug-likeness (QED) is 0.893. The zero-order chi connectivity index (χ0) is 13.7. The molecule has 0 spiro atoms. The molecule has 0 aliphatic carbocycles. The van der Waals surface area contributed by atoms with Crippen LogP contribution < -0.4 is 10.2 Å². The molecule has 0 saturated heterocycles. The number of anilines is 2. The molecule has 0 aliphatic heterocycles. The van der Waals surface area contributed by atoms with Crippen molar-refractivity contribution in [2.24, 2.45) is 0 Å². The smallest absolute Gasteiger partial charge is 0.151 e. The third-order valence-corrected chi connectivity index (χ3v) is 2.96. The van der Waals surface area contributed by atoms with E-state index < -0.39 is 0 Å². The summed E-state index contributed by atoms with van der Waals surface area (Å²) in [5, 5.41) is 3.07. The average Bonchev–Trinajstić information content (AvgIpc) is 2.42. The first-order valence-corrected chi connectivity index (χ1v) is 6.54. The van der Waals surface area contributed by atoms with E-state index in [1.807, 2.05) is 19.4 Å². The van der Waals surface area contributed by atoms with Gasteiger partial charge in [-0.05, 0) is 38.6 Å². The molecule has 4 heteroatoms. The Hall–Kier alpha value is -1.94. The highest BCUT2D eigenvalue weighted by molar-refractivity contribution is 5.59. The zero-order valence-electron chi connectivity index (χ0n) is 11.7. The van der Waals surface area contributed by atoms with Gasteiger partial charge < -0.3 is 10.2 Å². The largest absolute Gasteiger partial charge is 0.325 e. The van der Waals surface area contributed by atoms with Gasteiger partial charge in [0.25, 0.3) is 0 Å². The number of nitrogens with zero attached hydrogens (tertiary/aromatic N) is 3. The minimum absolute atomic E-state index is 0.740. The van der Waals surface area contributed by atoms with Gasteiger partial charge in [0.2, 0.25) is 0 Å². The summed E-state index contributed by atoms with van der Waals surface area (Å²) in [5.74, 6) is 0.882. The van der Waals surface area contributed by atoms with Crippen molar-refractivity contribution >= 4 is 11.5 Å². The molecule has 4 nitrogen and oxygen atoms in total. The van der Waals surface area contributed by atoms with Gasteiger partial charge in [-0.25, -0.2) is 4.98 Å². The predicted molar refractivity (Wildman–Crippen MR) is 78.7 cm³/mol. The molecular formula is C15H20N4. The van der Waals surface area contributed by atoms with E-state index in [1.54, 1.807) is 0 Å². The van der Waals surface area contributed by atoms with Crippen LogP contribution in [0.4, 0.5) is 11.5 Å². The van der Waals surface area contributed by atoms with E-state index in [2.05, 4.69) is 58.3 Å². The van der Waals surface area contributed by atoms with Crippen LogP contribution in [0, 0.1) is 6.92 Å². The minimum atomic E-state index is 0.740. The van der Waals surface area contributed by atoms with E-state index in [0.29, 0.717) is 0 Å². The summed E-state index contributed by atoms with van der Waals surface area (Å²) in [6.45, 7) is 5.82. The Bertz CT molecular complexity index is 522. The average molecular weight is 256 g/mol. The monoisotopic (exact) mass is 256 g/mol. The van der Waals surface area contributed by atoms with Gasteiger partial charge in [-0.2, -0.15) is 0 Å². The van der Waals surface area contributed by atoms with Gasteiger partial charge >= 0.3 is 0 Å². The molecule has 0 atom stereocenters. The number of nitrogens with one attached hydrogen (secondary N) is 1. The summed E-state index contributed by atoms with van der Waals surface area (Å²) in [5.41, 5.74) is 3.35. The normalized spacial score (nSPS) is 10.5. The Labute approximate surface area is 114 Å². The topological polar surface area (TPSA) is 41.1 Å². The van der Waals surface area contributed by atoms with Crippen LogP contribution in [0.15, 0.2) is 36.7 Å². The maximum atomic E-state index is 4.50. The van der Waals surface area contributed by atoms with E-state index in [1.165, 1.54) is 5.56 Å². The van der Waals surface area contributed by atoms with Crippen LogP contribution in [0.3, 0.4) is 0 Å². The van der Waals surface area contributed by atoms with Crippen molar-refractivity contribution < 1.29 is 0 Å². The van der Waals surface area contributed by atoms with Crippen molar-refractivity contribution in [3.05, 3.63) is 47.9 Å². The molecule has 2 rings (SSSR count). The standard InChI is InChI=1S/C15H20N4/c1-4-19(14-7-5-6-12(2)8-14)15-11-17-13(9-16-3)10-18-15/h5-8,10-11,16H,4,9H2,1-3H3. The SMILES string of the molecule is CCN(c1cccc(C)c1)c1cnc(CNC)cn1. The van der Waals surface area contributed by atoms with Crippen molar-refractivity contribution in [1.29, 1.82) is 0 Å². The number of hydrogen-bond donors (Lipinski definition) is 1. The number of benzene rings is 1. The highest BCUT2D eigenvalue weighted by Gasteiger charge is 2.09. The van der Waals surface area contributed by atoms with E-state index in [-0.39, 0.29) is 0 Å². The number of aryl methyl sites for hydroxylation is 1. The lowest BCUT2D eigenvalue weighted by Crippen LogP contribution is -2.18. The first kappa shape index (κ1) is 13.5. The van der Waals surface area contributed by atoms with Crippen LogP contribution in [0.1, 0.15) is 18.2 Å². The summed E-state index contributed by atoms with van der Waals surface area (Å²) in [7, 11) is 1.90. The van der Waals surface area contributed by atoms with Crippen molar-refractivity contribution in [2.45, 2.75) is 20.4 Å². The third-order valence-electron chi connectivity index (χ3n) is 2.96. The van der Waals surface area contributed by atoms with Gasteiger partial charge in [0.15, 0.2) is 5.82 Å². The minimum Gasteiger partial charge on any atom is -0.325 e. The van der Waals surface area contributed by atoms with E-state index >= 15 is 0 Å². The van der Waals surface area contributed by atoms with Crippen molar-refractivity contribution in [3.63, 3.8) is 0 Å². The Balaban J connectivity index is 2.26. The fourth-order valence-corrected chi connectivity index (χ4v) is 2.03. The van der Waals surface area contributed by atoms with Crippen LogP contribution in [0.2, 0.25) is 0 Å². The molecule has 1 heterocycles. The van der Waals surface area contributed by atoms with Gasteiger partial charge in [-0.1, -0.05) is 12.1 Å². The lowest BCUT2D eigenvalue weighted by molar-refractivity contribution is 0.782. The molecule has 0 amide bonds. The number of aromatic nitrogens is 2. The summed E-state index contributed by atoms with van der Waals surface area (Å²) in [6.07, 6.45) is 3.66. The molecule has 2 aromatic rings. The molecule has 0 bridgehead atoms. The fourth-order valence-electron chi connectivity index (χ4n) is 2.03. The van der Waals surface area contributed by atoms with Crippen LogP contribution >= 0.6 is 0 Å². The predicted octanol–water partition coefficient (Wildman–Crippen LogP) is 2.66. The zero-order valence-corrected chi connectivity index (χ0v) is 11.7. The molecule has 0 saturated carbocycles. The second-order valence-corrected chi connectivity index (χ2v) is 4.48. The lowest BCUT2D eigenvalue weighted by atomic mass is 10.2. The number of rotatable bonds is 5. The fraction of sp³-hybridized carbons (Fsp3) is 0.333. The van der Waals surface area contributed by atoms with Gasteiger partial charge in [0.05, 0.1) is 18.1 Å². The first-order chi connectivity index (χ1) is 9.24. The van der Waals surface area contributed by atoms with Crippen LogP contribution in [-0.2, 0) is 6.54 Å². The van der Waals surface area contributed by atoms with Gasteiger partial charge in [-0.3, -0.25) is 4.98 Å². The summed E-state index contributed by atoms with van der Waals surface area (Å²) in [6, 6.07) is 8.42. The Kier molecular flexibility index (Phi) is 4.47. The second-order valence-electron chi connectivity index (χ2n) is 4.48. The lowest BCUT2D eigenvalue weighted by Gasteiger charge is -2.22. The maximum Gasteiger partial charge on any atom is 0.151 e. The molecule has 0 fully saturated rings. The summed E-state index contributed by atoms with van der Waals surface area (Å²) in [4.78, 5) is 11.1. The highest BCUT2D eigenvalue weighted by Crippen LogP contribution is 2.23. The van der Waals surface area contributed by atoms with E-state index in [0.717, 1.165) is 30.3 Å². The molecule has 1 aromatic carbocycles. The van der Waals surface area contributed by atoms with Crippen molar-refractivity contribution in [3.8, 4) is 0 Å². The van der Waals surface area contributed by atoms with Gasteiger partial charge in [0.1, 0.15) is 0 Å². The summed E-state index contributed by atoms with van der Waals surface area (Å²) < 4.78 is 0. The molecular weight excluding hydrogens is 236 g/mol. The van der Waals surface area contributed by atoms with Crippen LogP contribution in [0.5, 0.6) is 0 Å².